The summed E-state index contributed by atoms with van der Waals surface area (Å²) in [7, 11) is -3.71. The van der Waals surface area contributed by atoms with E-state index in [1.807, 2.05) is 0 Å². The van der Waals surface area contributed by atoms with Crippen LogP contribution in [0.1, 0.15) is 64.2 Å². The van der Waals surface area contributed by atoms with E-state index in [9.17, 15) is 8.42 Å². The first-order chi connectivity index (χ1) is 9.45. The lowest BCUT2D eigenvalue weighted by molar-refractivity contribution is 0.257. The van der Waals surface area contributed by atoms with E-state index in [-0.39, 0.29) is 5.03 Å². The van der Waals surface area contributed by atoms with Crippen molar-refractivity contribution in [3.05, 3.63) is 12.0 Å². The van der Waals surface area contributed by atoms with E-state index in [1.54, 1.807) is 6.20 Å². The topological polar surface area (TPSA) is 78.0 Å². The van der Waals surface area contributed by atoms with Crippen molar-refractivity contribution < 1.29 is 8.42 Å². The molecule has 0 aliphatic heterocycles. The summed E-state index contributed by atoms with van der Waals surface area (Å²) in [5.41, 5.74) is 0. The summed E-state index contributed by atoms with van der Waals surface area (Å²) < 4.78 is 25.1. The van der Waals surface area contributed by atoms with E-state index in [0.717, 1.165) is 37.4 Å². The first-order valence-corrected chi connectivity index (χ1v) is 9.10. The Labute approximate surface area is 121 Å². The van der Waals surface area contributed by atoms with Crippen LogP contribution in [0.5, 0.6) is 0 Å². The molecule has 1 fully saturated rings. The van der Waals surface area contributed by atoms with Crippen LogP contribution in [0.25, 0.3) is 0 Å². The van der Waals surface area contributed by atoms with Crippen LogP contribution in [0, 0.1) is 5.92 Å². The number of primary sulfonamides is 1. The Balaban J connectivity index is 2.31. The first-order valence-electron chi connectivity index (χ1n) is 7.56. The minimum atomic E-state index is -3.71. The van der Waals surface area contributed by atoms with E-state index < -0.39 is 10.0 Å². The highest BCUT2D eigenvalue weighted by Gasteiger charge is 2.26. The second-order valence-electron chi connectivity index (χ2n) is 5.79. The fourth-order valence-electron chi connectivity index (χ4n) is 3.16. The molecule has 1 aliphatic rings. The Bertz CT molecular complexity index is 551. The summed E-state index contributed by atoms with van der Waals surface area (Å²) in [6, 6.07) is 0.373. The van der Waals surface area contributed by atoms with Crippen molar-refractivity contribution in [3.8, 4) is 0 Å². The van der Waals surface area contributed by atoms with Gasteiger partial charge in [-0.05, 0) is 25.2 Å². The molecule has 5 nitrogen and oxygen atoms in total. The Morgan fingerprint density at radius 1 is 1.40 bits per heavy atom. The summed E-state index contributed by atoms with van der Waals surface area (Å²) >= 11 is 0. The molecular weight excluding hydrogens is 274 g/mol. The number of hydrogen-bond acceptors (Lipinski definition) is 3. The second kappa shape index (κ2) is 6.26. The molecule has 0 saturated heterocycles. The van der Waals surface area contributed by atoms with Crippen LogP contribution < -0.4 is 5.14 Å². The van der Waals surface area contributed by atoms with Crippen LogP contribution in [-0.4, -0.2) is 18.0 Å². The molecule has 2 unspecified atom stereocenters. The smallest absolute Gasteiger partial charge is 0.257 e. The van der Waals surface area contributed by atoms with Crippen LogP contribution in [0.15, 0.2) is 11.2 Å². The van der Waals surface area contributed by atoms with Crippen LogP contribution in [0.2, 0.25) is 0 Å². The fourth-order valence-corrected chi connectivity index (χ4v) is 3.65. The van der Waals surface area contributed by atoms with Crippen molar-refractivity contribution in [1.82, 2.24) is 9.55 Å². The maximum absolute atomic E-state index is 11.5. The third-order valence-corrected chi connectivity index (χ3v) is 5.06. The van der Waals surface area contributed by atoms with Gasteiger partial charge in [0.05, 0.1) is 0 Å². The number of nitrogens with two attached hydrogens (primary N) is 1. The zero-order valence-electron chi connectivity index (χ0n) is 12.4. The van der Waals surface area contributed by atoms with Gasteiger partial charge in [-0.2, -0.15) is 0 Å². The van der Waals surface area contributed by atoms with E-state index >= 15 is 0 Å². The summed E-state index contributed by atoms with van der Waals surface area (Å²) in [6.45, 7) is 4.30. The number of sulfonamides is 1. The summed E-state index contributed by atoms with van der Waals surface area (Å²) in [5, 5.41) is 5.23. The molecule has 2 atom stereocenters. The van der Waals surface area contributed by atoms with Gasteiger partial charge in [0.25, 0.3) is 10.0 Å². The molecule has 1 heterocycles. The van der Waals surface area contributed by atoms with Crippen molar-refractivity contribution in [2.75, 3.05) is 0 Å². The minimum absolute atomic E-state index is 0.0135. The van der Waals surface area contributed by atoms with Gasteiger partial charge in [0.2, 0.25) is 0 Å². The van der Waals surface area contributed by atoms with Gasteiger partial charge in [0.15, 0.2) is 5.03 Å². The van der Waals surface area contributed by atoms with Crippen molar-refractivity contribution >= 4 is 10.0 Å². The van der Waals surface area contributed by atoms with Crippen molar-refractivity contribution in [3.63, 3.8) is 0 Å². The predicted molar refractivity (Wildman–Crippen MR) is 78.9 cm³/mol. The zero-order valence-corrected chi connectivity index (χ0v) is 13.2. The third kappa shape index (κ3) is 3.41. The molecule has 2 N–H and O–H groups in total. The first kappa shape index (κ1) is 15.5. The molecule has 1 aromatic heterocycles. The average molecular weight is 299 g/mol. The molecule has 2 rings (SSSR count). The van der Waals surface area contributed by atoms with Gasteiger partial charge >= 0.3 is 0 Å². The van der Waals surface area contributed by atoms with Gasteiger partial charge in [-0.25, -0.2) is 18.5 Å². The molecule has 20 heavy (non-hydrogen) atoms. The number of rotatable bonds is 5. The van der Waals surface area contributed by atoms with E-state index in [2.05, 4.69) is 23.4 Å². The van der Waals surface area contributed by atoms with Gasteiger partial charge in [-0.1, -0.05) is 33.1 Å². The Kier molecular flexibility index (Phi) is 4.86. The zero-order chi connectivity index (χ0) is 14.8. The van der Waals surface area contributed by atoms with Crippen molar-refractivity contribution in [2.45, 2.75) is 69.9 Å². The van der Waals surface area contributed by atoms with Crippen LogP contribution in [0.4, 0.5) is 0 Å². The second-order valence-corrected chi connectivity index (χ2v) is 7.30. The molecule has 114 valence electrons. The number of aryl methyl sites for hydroxylation is 1. The Hall–Kier alpha value is -0.880. The van der Waals surface area contributed by atoms with Gasteiger partial charge in [-0.3, -0.25) is 0 Å². The number of imidazole rings is 1. The van der Waals surface area contributed by atoms with Gasteiger partial charge in [0, 0.05) is 18.7 Å². The highest BCUT2D eigenvalue weighted by molar-refractivity contribution is 7.89. The molecule has 6 heteroatoms. The SMILES string of the molecule is CCCc1nc(S(N)(=O)=O)cn1C1CCCC(CC)C1. The summed E-state index contributed by atoms with van der Waals surface area (Å²) in [4.78, 5) is 4.25. The monoisotopic (exact) mass is 299 g/mol. The highest BCUT2D eigenvalue weighted by Crippen LogP contribution is 2.35. The molecule has 1 saturated carbocycles. The Morgan fingerprint density at radius 3 is 2.75 bits per heavy atom. The molecule has 0 aromatic carbocycles. The van der Waals surface area contributed by atoms with Crippen LogP contribution in [-0.2, 0) is 16.4 Å². The number of nitrogens with zero attached hydrogens (tertiary/aromatic N) is 2. The molecule has 0 amide bonds. The third-order valence-electron chi connectivity index (χ3n) is 4.28. The average Bonchev–Trinajstić information content (AvgIpc) is 2.83. The van der Waals surface area contributed by atoms with Crippen LogP contribution >= 0.6 is 0 Å². The lowest BCUT2D eigenvalue weighted by Crippen LogP contribution is -2.20. The Morgan fingerprint density at radius 2 is 2.15 bits per heavy atom. The van der Waals surface area contributed by atoms with E-state index in [0.29, 0.717) is 6.04 Å². The number of aromatic nitrogens is 2. The van der Waals surface area contributed by atoms with Gasteiger partial charge in [-0.15, -0.1) is 0 Å². The molecular formula is C14H25N3O2S. The largest absolute Gasteiger partial charge is 0.330 e. The molecule has 1 aromatic rings. The maximum Gasteiger partial charge on any atom is 0.257 e. The van der Waals surface area contributed by atoms with Crippen molar-refractivity contribution in [1.29, 1.82) is 0 Å². The fraction of sp³-hybridized carbons (Fsp3) is 0.786. The molecule has 0 bridgehead atoms. The quantitative estimate of drug-likeness (QED) is 0.907. The summed E-state index contributed by atoms with van der Waals surface area (Å²) in [5.74, 6) is 1.60. The van der Waals surface area contributed by atoms with Crippen molar-refractivity contribution in [2.24, 2.45) is 11.1 Å². The molecule has 1 aliphatic carbocycles. The summed E-state index contributed by atoms with van der Waals surface area (Å²) in [6.07, 6.45) is 9.29. The molecule has 0 radical (unpaired) electrons. The van der Waals surface area contributed by atoms with Gasteiger partial charge in [0.1, 0.15) is 5.82 Å². The highest BCUT2D eigenvalue weighted by atomic mass is 32.2. The van der Waals surface area contributed by atoms with E-state index in [1.165, 1.54) is 19.3 Å². The molecule has 0 spiro atoms. The lowest BCUT2D eigenvalue weighted by Gasteiger charge is -2.30. The predicted octanol–water partition coefficient (Wildman–Crippen LogP) is 2.62. The maximum atomic E-state index is 11.5. The normalized spacial score (nSPS) is 23.9. The standard InChI is InChI=1S/C14H25N3O2S/c1-3-6-13-16-14(20(15,18)19)10-17(13)12-8-5-7-11(4-2)9-12/h10-12H,3-9H2,1-2H3,(H2,15,18,19). The minimum Gasteiger partial charge on any atom is -0.330 e. The van der Waals surface area contributed by atoms with E-state index in [4.69, 9.17) is 5.14 Å². The lowest BCUT2D eigenvalue weighted by atomic mass is 9.84. The number of hydrogen-bond donors (Lipinski definition) is 1. The van der Waals surface area contributed by atoms with Gasteiger partial charge < -0.3 is 4.57 Å². The van der Waals surface area contributed by atoms with Crippen LogP contribution in [0.3, 0.4) is 0 Å².